The molecule has 0 aromatic heterocycles. The summed E-state index contributed by atoms with van der Waals surface area (Å²) in [6, 6.07) is 0. The van der Waals surface area contributed by atoms with E-state index in [1.54, 1.807) is 0 Å². The Labute approximate surface area is 295 Å². The van der Waals surface area contributed by atoms with E-state index in [2.05, 4.69) is 76.3 Å². The second-order valence-corrected chi connectivity index (χ2v) is 10.9. The molecule has 0 aliphatic heterocycles. The van der Waals surface area contributed by atoms with Crippen LogP contribution in [0.4, 0.5) is 0 Å². The number of hydrogen-bond acceptors (Lipinski definition) is 6. The predicted octanol–water partition coefficient (Wildman–Crippen LogP) is 6.24. The van der Waals surface area contributed by atoms with Gasteiger partial charge in [0.15, 0.2) is 0 Å². The zero-order chi connectivity index (χ0) is 31.5. The van der Waals surface area contributed by atoms with Gasteiger partial charge in [0.1, 0.15) is 0 Å². The van der Waals surface area contributed by atoms with Gasteiger partial charge in [-0.25, -0.2) is 0 Å². The number of rotatable bonds is 28. The molecule has 0 aromatic rings. The largest absolute Gasteiger partial charge is 2.00 e. The van der Waals surface area contributed by atoms with Gasteiger partial charge in [0.2, 0.25) is 0 Å². The third-order valence-electron chi connectivity index (χ3n) is 6.57. The Hall–Kier alpha value is -0.920. The van der Waals surface area contributed by atoms with E-state index in [0.717, 1.165) is 103 Å². The second kappa shape index (κ2) is 39.1. The summed E-state index contributed by atoms with van der Waals surface area (Å²) in [5.74, 6) is -1.95. The molecule has 0 N–H and O–H groups in total. The first-order chi connectivity index (χ1) is 20.4. The van der Waals surface area contributed by atoms with Crippen LogP contribution in [0.1, 0.15) is 130 Å². The van der Waals surface area contributed by atoms with Crippen LogP contribution in [-0.4, -0.2) is 98.7 Å². The van der Waals surface area contributed by atoms with Gasteiger partial charge in [-0.05, 0) is 103 Å². The molecular formula is C36H64CaN2O4. The smallest absolute Gasteiger partial charge is 0.549 e. The molecule has 0 spiro atoms. The van der Waals surface area contributed by atoms with Crippen molar-refractivity contribution in [2.45, 2.75) is 130 Å². The van der Waals surface area contributed by atoms with Crippen LogP contribution in [0.25, 0.3) is 0 Å². The molecule has 244 valence electrons. The van der Waals surface area contributed by atoms with E-state index in [-0.39, 0.29) is 50.8 Å². The molecule has 0 bridgehead atoms. The number of carbonyl (C=O) groups is 2. The average Bonchev–Trinajstić information content (AvgIpc) is 2.95. The Morgan fingerprint density at radius 1 is 0.442 bits per heavy atom. The molecule has 7 heteroatoms. The SMILES string of the molecule is CCC/C=C/CCCN(CCC/C=C/CCC)CC(=O)[O-].CCC/C=C/CCCN(CCC/C=C/CCC)CC(=O)[O-].[Ca+2]. The van der Waals surface area contributed by atoms with Gasteiger partial charge in [0.25, 0.3) is 0 Å². The Balaban J connectivity index is -0.000000727. The van der Waals surface area contributed by atoms with Crippen molar-refractivity contribution in [2.24, 2.45) is 0 Å². The molecule has 0 atom stereocenters. The number of carboxylic acid groups (broad SMARTS) is 2. The number of carboxylic acids is 2. The van der Waals surface area contributed by atoms with Crippen molar-refractivity contribution in [3.8, 4) is 0 Å². The Bertz CT molecular complexity index is 618. The fraction of sp³-hybridized carbons (Fsp3) is 0.722. The first kappa shape index (κ1) is 46.5. The molecular weight excluding hydrogens is 564 g/mol. The van der Waals surface area contributed by atoms with Crippen LogP contribution in [0.5, 0.6) is 0 Å². The van der Waals surface area contributed by atoms with Crippen LogP contribution in [0.3, 0.4) is 0 Å². The third-order valence-corrected chi connectivity index (χ3v) is 6.57. The van der Waals surface area contributed by atoms with Crippen molar-refractivity contribution in [3.63, 3.8) is 0 Å². The van der Waals surface area contributed by atoms with E-state index < -0.39 is 11.9 Å². The van der Waals surface area contributed by atoms with Gasteiger partial charge in [0, 0.05) is 13.1 Å². The summed E-state index contributed by atoms with van der Waals surface area (Å²) in [5.41, 5.74) is 0. The molecule has 0 aliphatic carbocycles. The minimum Gasteiger partial charge on any atom is -0.549 e. The summed E-state index contributed by atoms with van der Waals surface area (Å²) in [6.07, 6.45) is 35.1. The van der Waals surface area contributed by atoms with Gasteiger partial charge >= 0.3 is 37.7 Å². The molecule has 0 radical (unpaired) electrons. The van der Waals surface area contributed by atoms with Crippen molar-refractivity contribution in [2.75, 3.05) is 39.3 Å². The molecule has 0 saturated heterocycles. The Morgan fingerprint density at radius 3 is 0.837 bits per heavy atom. The van der Waals surface area contributed by atoms with Crippen LogP contribution in [0.15, 0.2) is 48.6 Å². The van der Waals surface area contributed by atoms with Gasteiger partial charge in [-0.3, -0.25) is 9.80 Å². The van der Waals surface area contributed by atoms with E-state index >= 15 is 0 Å². The molecule has 0 saturated carbocycles. The van der Waals surface area contributed by atoms with Crippen LogP contribution in [0, 0.1) is 0 Å². The molecule has 0 fully saturated rings. The minimum atomic E-state index is -0.974. The second-order valence-electron chi connectivity index (χ2n) is 10.9. The minimum absolute atomic E-state index is 0. The van der Waals surface area contributed by atoms with Crippen molar-refractivity contribution in [1.29, 1.82) is 0 Å². The summed E-state index contributed by atoms with van der Waals surface area (Å²) in [4.78, 5) is 25.5. The van der Waals surface area contributed by atoms with Gasteiger partial charge in [-0.15, -0.1) is 0 Å². The number of nitrogens with zero attached hydrogens (tertiary/aromatic N) is 2. The van der Waals surface area contributed by atoms with Crippen molar-refractivity contribution in [3.05, 3.63) is 48.6 Å². The van der Waals surface area contributed by atoms with Crippen LogP contribution in [0.2, 0.25) is 0 Å². The summed E-state index contributed by atoms with van der Waals surface area (Å²) in [6.45, 7) is 12.1. The van der Waals surface area contributed by atoms with E-state index in [1.165, 1.54) is 25.7 Å². The molecule has 0 unspecified atom stereocenters. The van der Waals surface area contributed by atoms with Gasteiger partial charge in [-0.2, -0.15) is 0 Å². The fourth-order valence-corrected chi connectivity index (χ4v) is 4.25. The van der Waals surface area contributed by atoms with Gasteiger partial charge in [-0.1, -0.05) is 102 Å². The van der Waals surface area contributed by atoms with E-state index in [9.17, 15) is 19.8 Å². The van der Waals surface area contributed by atoms with Gasteiger partial charge in [0.05, 0.1) is 11.9 Å². The number of unbranched alkanes of at least 4 members (excludes halogenated alkanes) is 8. The van der Waals surface area contributed by atoms with Gasteiger partial charge < -0.3 is 19.8 Å². The Kier molecular flexibility index (Phi) is 42.3. The Morgan fingerprint density at radius 2 is 0.651 bits per heavy atom. The standard InChI is InChI=1S/2C18H33NO2.Ca/c2*1-3-5-7-9-11-13-15-19(17-18(20)21)16-14-12-10-8-6-4-2;/h2*7-10H,3-6,11-17H2,1-2H3,(H,20,21);/q;;+2/p-2/b2*9-7+,10-8+;. The van der Waals surface area contributed by atoms with E-state index in [4.69, 9.17) is 0 Å². The first-order valence-corrected chi connectivity index (χ1v) is 16.8. The molecule has 43 heavy (non-hydrogen) atoms. The third kappa shape index (κ3) is 41.1. The average molecular weight is 629 g/mol. The molecule has 0 aliphatic rings. The van der Waals surface area contributed by atoms with E-state index in [0.29, 0.717) is 0 Å². The maximum atomic E-state index is 10.8. The molecule has 0 amide bonds. The van der Waals surface area contributed by atoms with Crippen LogP contribution < -0.4 is 10.2 Å². The van der Waals surface area contributed by atoms with Crippen molar-refractivity contribution >= 4 is 49.7 Å². The number of allylic oxidation sites excluding steroid dienone is 8. The summed E-state index contributed by atoms with van der Waals surface area (Å²) in [7, 11) is 0. The zero-order valence-corrected chi connectivity index (χ0v) is 30.6. The molecule has 6 nitrogen and oxygen atoms in total. The zero-order valence-electron chi connectivity index (χ0n) is 28.4. The monoisotopic (exact) mass is 628 g/mol. The number of aliphatic carboxylic acids is 2. The molecule has 0 heterocycles. The molecule has 0 aromatic carbocycles. The van der Waals surface area contributed by atoms with Crippen molar-refractivity contribution in [1.82, 2.24) is 9.80 Å². The van der Waals surface area contributed by atoms with Crippen LogP contribution in [-0.2, 0) is 9.59 Å². The quantitative estimate of drug-likeness (QED) is 0.0579. The summed E-state index contributed by atoms with van der Waals surface area (Å²) in [5, 5.41) is 21.6. The first-order valence-electron chi connectivity index (χ1n) is 16.8. The predicted molar refractivity (Wildman–Crippen MR) is 182 cm³/mol. The topological polar surface area (TPSA) is 86.7 Å². The van der Waals surface area contributed by atoms with Crippen molar-refractivity contribution < 1.29 is 19.8 Å². The summed E-state index contributed by atoms with van der Waals surface area (Å²) < 4.78 is 0. The molecule has 0 rings (SSSR count). The number of hydrogen-bond donors (Lipinski definition) is 0. The summed E-state index contributed by atoms with van der Waals surface area (Å²) >= 11 is 0. The maximum Gasteiger partial charge on any atom is 2.00 e. The van der Waals surface area contributed by atoms with Crippen LogP contribution >= 0.6 is 0 Å². The maximum absolute atomic E-state index is 10.8. The normalized spacial score (nSPS) is 11.7. The fourth-order valence-electron chi connectivity index (χ4n) is 4.25. The number of carbonyl (C=O) groups excluding carboxylic acids is 2. The van der Waals surface area contributed by atoms with E-state index in [1.807, 2.05) is 9.80 Å².